The largest absolute Gasteiger partial charge is 0.483 e. The Labute approximate surface area is 172 Å². The van der Waals surface area contributed by atoms with Crippen LogP contribution in [0.3, 0.4) is 0 Å². The third-order valence-electron chi connectivity index (χ3n) is 4.65. The Morgan fingerprint density at radius 3 is 2.61 bits per heavy atom. The average molecular weight is 410 g/mol. The van der Waals surface area contributed by atoms with Gasteiger partial charge in [0.2, 0.25) is 0 Å². The summed E-state index contributed by atoms with van der Waals surface area (Å²) in [4.78, 5) is 15.1. The Kier molecular flexibility index (Phi) is 10.2. The Bertz CT molecular complexity index is 713. The second-order valence-corrected chi connectivity index (χ2v) is 8.02. The smallest absolute Gasteiger partial charge is 0.290 e. The van der Waals surface area contributed by atoms with Gasteiger partial charge in [-0.25, -0.2) is 0 Å². The summed E-state index contributed by atoms with van der Waals surface area (Å²) in [6.45, 7) is 13.8. The van der Waals surface area contributed by atoms with E-state index in [0.29, 0.717) is 10.4 Å². The number of carboxylic acid groups (broad SMARTS) is 1. The van der Waals surface area contributed by atoms with Gasteiger partial charge in [-0.1, -0.05) is 51.4 Å². The fourth-order valence-electron chi connectivity index (χ4n) is 3.18. The van der Waals surface area contributed by atoms with Crippen LogP contribution in [0.4, 0.5) is 0 Å². The van der Waals surface area contributed by atoms with Gasteiger partial charge in [-0.05, 0) is 42.9 Å². The average Bonchev–Trinajstić information content (AvgIpc) is 3.12. The first-order valence-electron chi connectivity index (χ1n) is 9.71. The minimum atomic E-state index is -0.250. The van der Waals surface area contributed by atoms with E-state index in [1.807, 2.05) is 19.9 Å². The standard InChI is InChI=1S/C18H24ClN3O.C2H6.CH2O2/c1-18(2,3)13-5-4-8-22(11-13)12-15-10-17(21-23-15)16-9-14(19)6-7-20-16;1-2;2-1-3/h6-7,9-10,13H,4-5,8,11-12H2,1-3H3;1-2H3;1H,(H,2,3). The third-order valence-corrected chi connectivity index (χ3v) is 4.89. The number of carbonyl (C=O) groups is 1. The second kappa shape index (κ2) is 11.8. The number of piperidine rings is 1. The number of hydrogen-bond donors (Lipinski definition) is 1. The molecule has 156 valence electrons. The summed E-state index contributed by atoms with van der Waals surface area (Å²) in [5.74, 6) is 1.62. The van der Waals surface area contributed by atoms with Crippen LogP contribution in [0.2, 0.25) is 5.02 Å². The first-order valence-corrected chi connectivity index (χ1v) is 10.1. The number of pyridine rings is 1. The van der Waals surface area contributed by atoms with Crippen LogP contribution in [0.15, 0.2) is 28.9 Å². The van der Waals surface area contributed by atoms with Crippen LogP contribution < -0.4 is 0 Å². The quantitative estimate of drug-likeness (QED) is 0.686. The van der Waals surface area contributed by atoms with Crippen molar-refractivity contribution >= 4 is 18.1 Å². The van der Waals surface area contributed by atoms with E-state index in [-0.39, 0.29) is 6.47 Å². The number of halogens is 1. The van der Waals surface area contributed by atoms with E-state index >= 15 is 0 Å². The van der Waals surface area contributed by atoms with Crippen molar-refractivity contribution in [3.8, 4) is 11.4 Å². The zero-order valence-electron chi connectivity index (χ0n) is 17.5. The van der Waals surface area contributed by atoms with Crippen LogP contribution >= 0.6 is 11.6 Å². The lowest BCUT2D eigenvalue weighted by atomic mass is 9.76. The van der Waals surface area contributed by atoms with Crippen LogP contribution in [0, 0.1) is 11.3 Å². The first kappa shape index (κ1) is 24.1. The van der Waals surface area contributed by atoms with Gasteiger partial charge in [0, 0.05) is 23.8 Å². The van der Waals surface area contributed by atoms with Gasteiger partial charge in [0.05, 0.1) is 12.2 Å². The second-order valence-electron chi connectivity index (χ2n) is 7.58. The maximum atomic E-state index is 8.36. The van der Waals surface area contributed by atoms with Gasteiger partial charge in [0.1, 0.15) is 5.69 Å². The molecule has 1 unspecified atom stereocenters. The molecule has 3 heterocycles. The van der Waals surface area contributed by atoms with Crippen LogP contribution in [-0.2, 0) is 11.3 Å². The molecule has 0 bridgehead atoms. The molecule has 1 aliphatic heterocycles. The van der Waals surface area contributed by atoms with E-state index in [2.05, 4.69) is 35.8 Å². The lowest BCUT2D eigenvalue weighted by molar-refractivity contribution is -0.122. The fourth-order valence-corrected chi connectivity index (χ4v) is 3.34. The molecular weight excluding hydrogens is 378 g/mol. The van der Waals surface area contributed by atoms with Gasteiger partial charge in [-0.2, -0.15) is 0 Å². The summed E-state index contributed by atoms with van der Waals surface area (Å²) < 4.78 is 5.51. The fraction of sp³-hybridized carbons (Fsp3) is 0.571. The van der Waals surface area contributed by atoms with Gasteiger partial charge >= 0.3 is 0 Å². The van der Waals surface area contributed by atoms with E-state index in [4.69, 9.17) is 26.0 Å². The highest BCUT2D eigenvalue weighted by Gasteiger charge is 2.29. The van der Waals surface area contributed by atoms with E-state index in [9.17, 15) is 0 Å². The summed E-state index contributed by atoms with van der Waals surface area (Å²) in [7, 11) is 0. The summed E-state index contributed by atoms with van der Waals surface area (Å²) in [6.07, 6.45) is 4.25. The van der Waals surface area contributed by atoms with Crippen LogP contribution in [0.25, 0.3) is 11.4 Å². The van der Waals surface area contributed by atoms with Crippen molar-refractivity contribution in [1.82, 2.24) is 15.0 Å². The minimum absolute atomic E-state index is 0.250. The number of nitrogens with zero attached hydrogens (tertiary/aromatic N) is 3. The maximum absolute atomic E-state index is 8.36. The van der Waals surface area contributed by atoms with Crippen LogP contribution in [0.1, 0.15) is 53.2 Å². The molecule has 0 radical (unpaired) electrons. The third kappa shape index (κ3) is 7.60. The lowest BCUT2D eigenvalue weighted by Gasteiger charge is -2.39. The van der Waals surface area contributed by atoms with Gasteiger partial charge in [0.25, 0.3) is 6.47 Å². The Morgan fingerprint density at radius 2 is 2.00 bits per heavy atom. The molecule has 0 amide bonds. The van der Waals surface area contributed by atoms with Crippen molar-refractivity contribution < 1.29 is 14.4 Å². The van der Waals surface area contributed by atoms with Gasteiger partial charge < -0.3 is 9.63 Å². The molecule has 0 saturated carbocycles. The molecule has 1 atom stereocenters. The van der Waals surface area contributed by atoms with E-state index in [1.165, 1.54) is 12.8 Å². The number of hydrogen-bond acceptors (Lipinski definition) is 5. The van der Waals surface area contributed by atoms with Crippen molar-refractivity contribution in [3.63, 3.8) is 0 Å². The summed E-state index contributed by atoms with van der Waals surface area (Å²) in [5, 5.41) is 11.7. The molecule has 1 N–H and O–H groups in total. The normalized spacial score (nSPS) is 17.0. The van der Waals surface area contributed by atoms with Gasteiger partial charge in [-0.3, -0.25) is 14.7 Å². The summed E-state index contributed by atoms with van der Waals surface area (Å²) in [5.41, 5.74) is 1.85. The van der Waals surface area contributed by atoms with Gasteiger partial charge in [0.15, 0.2) is 5.76 Å². The molecular formula is C21H32ClN3O3. The Balaban J connectivity index is 0.000000717. The van der Waals surface area contributed by atoms with Crippen LogP contribution in [0.5, 0.6) is 0 Å². The van der Waals surface area contributed by atoms with Crippen molar-refractivity contribution in [2.75, 3.05) is 13.1 Å². The monoisotopic (exact) mass is 409 g/mol. The molecule has 28 heavy (non-hydrogen) atoms. The Morgan fingerprint density at radius 1 is 1.32 bits per heavy atom. The number of rotatable bonds is 3. The summed E-state index contributed by atoms with van der Waals surface area (Å²) in [6, 6.07) is 5.53. The zero-order valence-corrected chi connectivity index (χ0v) is 18.2. The molecule has 3 rings (SSSR count). The first-order chi connectivity index (χ1) is 13.3. The minimum Gasteiger partial charge on any atom is -0.483 e. The van der Waals surface area contributed by atoms with Crippen molar-refractivity contribution in [2.45, 2.75) is 54.0 Å². The highest BCUT2D eigenvalue weighted by Crippen LogP contribution is 2.33. The molecule has 0 aromatic carbocycles. The predicted octanol–water partition coefficient (Wildman–Crippen LogP) is 5.38. The topological polar surface area (TPSA) is 79.5 Å². The number of likely N-dealkylation sites (tertiary alicyclic amines) is 1. The van der Waals surface area contributed by atoms with E-state index in [0.717, 1.165) is 42.7 Å². The molecule has 2 aromatic rings. The van der Waals surface area contributed by atoms with Crippen molar-refractivity contribution in [1.29, 1.82) is 0 Å². The molecule has 6 nitrogen and oxygen atoms in total. The maximum Gasteiger partial charge on any atom is 0.290 e. The Hall–Kier alpha value is -1.92. The molecule has 2 aromatic heterocycles. The summed E-state index contributed by atoms with van der Waals surface area (Å²) >= 11 is 6.01. The van der Waals surface area contributed by atoms with Crippen LogP contribution in [-0.4, -0.2) is 39.7 Å². The van der Waals surface area contributed by atoms with Crippen molar-refractivity contribution in [2.24, 2.45) is 11.3 Å². The highest BCUT2D eigenvalue weighted by atomic mass is 35.5. The predicted molar refractivity (Wildman–Crippen MR) is 112 cm³/mol. The lowest BCUT2D eigenvalue weighted by Crippen LogP contribution is -2.40. The molecule has 1 aliphatic rings. The molecule has 1 fully saturated rings. The molecule has 0 aliphatic carbocycles. The van der Waals surface area contributed by atoms with E-state index < -0.39 is 0 Å². The SMILES string of the molecule is CC.CC(C)(C)C1CCCN(Cc2cc(-c3cc(Cl)ccn3)no2)C1.O=CO. The molecule has 7 heteroatoms. The van der Waals surface area contributed by atoms with Crippen molar-refractivity contribution in [3.05, 3.63) is 35.2 Å². The molecule has 0 spiro atoms. The van der Waals surface area contributed by atoms with E-state index in [1.54, 1.807) is 18.3 Å². The zero-order chi connectivity index (χ0) is 21.2. The molecule has 1 saturated heterocycles. The highest BCUT2D eigenvalue weighted by molar-refractivity contribution is 6.30. The van der Waals surface area contributed by atoms with Gasteiger partial charge in [-0.15, -0.1) is 0 Å². The number of aromatic nitrogens is 2.